The SMILES string of the molecule is Cc1nc(CN2CCC3(CN(C(=O)c4csnn4)CC3c3cn(C(C)C)cn3)C2=O)cs1. The van der Waals surface area contributed by atoms with Crippen LogP contribution in [0.25, 0.3) is 0 Å². The smallest absolute Gasteiger partial charge is 0.275 e. The van der Waals surface area contributed by atoms with Gasteiger partial charge in [-0.05, 0) is 38.7 Å². The number of hydrogen-bond acceptors (Lipinski definition) is 8. The van der Waals surface area contributed by atoms with Crippen molar-refractivity contribution >= 4 is 34.7 Å². The Kier molecular flexibility index (Phi) is 5.32. The van der Waals surface area contributed by atoms with Gasteiger partial charge >= 0.3 is 0 Å². The number of aromatic nitrogens is 5. The van der Waals surface area contributed by atoms with Gasteiger partial charge in [0.2, 0.25) is 5.91 Å². The zero-order valence-corrected chi connectivity index (χ0v) is 19.9. The molecule has 11 heteroatoms. The molecule has 2 aliphatic rings. The topological polar surface area (TPSA) is 97.1 Å². The van der Waals surface area contributed by atoms with Gasteiger partial charge < -0.3 is 14.4 Å². The molecule has 168 valence electrons. The molecule has 0 aromatic carbocycles. The Morgan fingerprint density at radius 1 is 1.34 bits per heavy atom. The minimum atomic E-state index is -0.680. The van der Waals surface area contributed by atoms with Crippen molar-refractivity contribution in [3.63, 3.8) is 0 Å². The molecule has 0 radical (unpaired) electrons. The van der Waals surface area contributed by atoms with Crippen LogP contribution in [0.5, 0.6) is 0 Å². The Labute approximate surface area is 194 Å². The molecular formula is C21H25N7O2S2. The van der Waals surface area contributed by atoms with Crippen molar-refractivity contribution in [2.45, 2.75) is 45.7 Å². The monoisotopic (exact) mass is 471 g/mol. The van der Waals surface area contributed by atoms with Gasteiger partial charge in [0.25, 0.3) is 5.91 Å². The molecule has 3 aromatic heterocycles. The lowest BCUT2D eigenvalue weighted by Gasteiger charge is -2.27. The van der Waals surface area contributed by atoms with E-state index in [1.807, 2.05) is 34.3 Å². The van der Waals surface area contributed by atoms with Gasteiger partial charge in [0.05, 0.1) is 34.7 Å². The van der Waals surface area contributed by atoms with Crippen LogP contribution in [0.15, 0.2) is 23.3 Å². The van der Waals surface area contributed by atoms with Crippen molar-refractivity contribution in [1.29, 1.82) is 0 Å². The van der Waals surface area contributed by atoms with E-state index in [9.17, 15) is 9.59 Å². The fourth-order valence-corrected chi connectivity index (χ4v) is 5.87. The second-order valence-corrected chi connectivity index (χ2v) is 10.5. The summed E-state index contributed by atoms with van der Waals surface area (Å²) in [6, 6.07) is 0.274. The summed E-state index contributed by atoms with van der Waals surface area (Å²) in [5.41, 5.74) is 1.43. The van der Waals surface area contributed by atoms with E-state index in [0.717, 1.165) is 27.9 Å². The van der Waals surface area contributed by atoms with Crippen LogP contribution in [0.2, 0.25) is 0 Å². The number of likely N-dealkylation sites (tertiary alicyclic amines) is 2. The van der Waals surface area contributed by atoms with Gasteiger partial charge in [-0.3, -0.25) is 9.59 Å². The molecule has 9 nitrogen and oxygen atoms in total. The summed E-state index contributed by atoms with van der Waals surface area (Å²) in [5.74, 6) is -0.253. The zero-order valence-electron chi connectivity index (χ0n) is 18.3. The van der Waals surface area contributed by atoms with Crippen molar-refractivity contribution in [2.24, 2.45) is 5.41 Å². The highest BCUT2D eigenvalue weighted by molar-refractivity contribution is 7.09. The van der Waals surface area contributed by atoms with E-state index in [0.29, 0.717) is 38.3 Å². The number of amides is 2. The lowest BCUT2D eigenvalue weighted by atomic mass is 9.75. The molecule has 2 saturated heterocycles. The first-order valence-electron chi connectivity index (χ1n) is 10.7. The normalized spacial score (nSPS) is 23.2. The molecule has 2 atom stereocenters. The lowest BCUT2D eigenvalue weighted by Crippen LogP contribution is -2.40. The van der Waals surface area contributed by atoms with Crippen molar-refractivity contribution in [1.82, 2.24) is 33.9 Å². The molecule has 0 bridgehead atoms. The Hall–Kier alpha value is -2.66. The predicted molar refractivity (Wildman–Crippen MR) is 120 cm³/mol. The van der Waals surface area contributed by atoms with Gasteiger partial charge in [-0.15, -0.1) is 16.4 Å². The molecule has 2 amide bonds. The highest BCUT2D eigenvalue weighted by atomic mass is 32.1. The second-order valence-electron chi connectivity index (χ2n) is 8.86. The molecule has 5 rings (SSSR count). The first kappa shape index (κ1) is 21.2. The number of aryl methyl sites for hydroxylation is 1. The van der Waals surface area contributed by atoms with E-state index in [1.165, 1.54) is 0 Å². The van der Waals surface area contributed by atoms with Crippen LogP contribution in [-0.4, -0.2) is 65.4 Å². The molecule has 32 heavy (non-hydrogen) atoms. The summed E-state index contributed by atoms with van der Waals surface area (Å²) in [4.78, 5) is 39.7. The van der Waals surface area contributed by atoms with Crippen LogP contribution in [-0.2, 0) is 11.3 Å². The van der Waals surface area contributed by atoms with E-state index in [4.69, 9.17) is 0 Å². The third kappa shape index (κ3) is 3.53. The Morgan fingerprint density at radius 2 is 2.19 bits per heavy atom. The van der Waals surface area contributed by atoms with Crippen LogP contribution < -0.4 is 0 Å². The molecule has 2 unspecified atom stereocenters. The molecule has 0 saturated carbocycles. The standard InChI is InChI=1S/C21H25N7O2S2/c1-13(2)28-8-17(22-12-28)16-7-27(19(29)18-10-32-25-24-18)11-21(16)4-5-26(20(21)30)6-15-9-31-14(3)23-15/h8-10,12-13,16H,4-7,11H2,1-3H3. The molecule has 5 heterocycles. The average Bonchev–Trinajstić information content (AvgIpc) is 3.57. The summed E-state index contributed by atoms with van der Waals surface area (Å²) < 4.78 is 5.88. The summed E-state index contributed by atoms with van der Waals surface area (Å²) in [7, 11) is 0. The average molecular weight is 472 g/mol. The third-order valence-corrected chi connectivity index (χ3v) is 7.87. The minimum Gasteiger partial charge on any atom is -0.336 e. The van der Waals surface area contributed by atoms with Crippen LogP contribution >= 0.6 is 22.9 Å². The fourth-order valence-electron chi connectivity index (χ4n) is 4.83. The van der Waals surface area contributed by atoms with Gasteiger partial charge in [0, 0.05) is 48.6 Å². The Balaban J connectivity index is 1.46. The number of hydrogen-bond donors (Lipinski definition) is 0. The Morgan fingerprint density at radius 3 is 2.84 bits per heavy atom. The summed E-state index contributed by atoms with van der Waals surface area (Å²) >= 11 is 2.74. The minimum absolute atomic E-state index is 0.0824. The Bertz CT molecular complexity index is 1140. The number of rotatable bonds is 5. The summed E-state index contributed by atoms with van der Waals surface area (Å²) in [5, 5.41) is 8.61. The third-order valence-electron chi connectivity index (χ3n) is 6.54. The van der Waals surface area contributed by atoms with Crippen molar-refractivity contribution in [3.05, 3.63) is 45.4 Å². The largest absolute Gasteiger partial charge is 0.336 e. The van der Waals surface area contributed by atoms with Crippen LogP contribution in [0.1, 0.15) is 59.1 Å². The summed E-state index contributed by atoms with van der Waals surface area (Å²) in [6.45, 7) is 8.13. The lowest BCUT2D eigenvalue weighted by molar-refractivity contribution is -0.136. The molecule has 0 N–H and O–H groups in total. The van der Waals surface area contributed by atoms with E-state index < -0.39 is 5.41 Å². The van der Waals surface area contributed by atoms with Crippen molar-refractivity contribution < 1.29 is 9.59 Å². The quantitative estimate of drug-likeness (QED) is 0.568. The fraction of sp³-hybridized carbons (Fsp3) is 0.524. The van der Waals surface area contributed by atoms with E-state index in [-0.39, 0.29) is 23.8 Å². The zero-order chi connectivity index (χ0) is 22.5. The number of carbonyl (C=O) groups is 2. The van der Waals surface area contributed by atoms with E-state index in [1.54, 1.807) is 21.6 Å². The van der Waals surface area contributed by atoms with E-state index >= 15 is 0 Å². The maximum Gasteiger partial charge on any atom is 0.275 e. The van der Waals surface area contributed by atoms with Gasteiger partial charge in [0.15, 0.2) is 5.69 Å². The van der Waals surface area contributed by atoms with Crippen LogP contribution in [0.4, 0.5) is 0 Å². The maximum atomic E-state index is 13.8. The molecule has 1 spiro atoms. The maximum absolute atomic E-state index is 13.8. The molecule has 0 aliphatic carbocycles. The highest BCUT2D eigenvalue weighted by Gasteiger charge is 2.58. The predicted octanol–water partition coefficient (Wildman–Crippen LogP) is 2.74. The number of carbonyl (C=O) groups excluding carboxylic acids is 2. The first-order chi connectivity index (χ1) is 15.4. The number of thiazole rings is 1. The summed E-state index contributed by atoms with van der Waals surface area (Å²) in [6.07, 6.45) is 4.53. The number of imidazole rings is 1. The first-order valence-corrected chi connectivity index (χ1v) is 12.4. The van der Waals surface area contributed by atoms with Crippen LogP contribution in [0.3, 0.4) is 0 Å². The van der Waals surface area contributed by atoms with Crippen molar-refractivity contribution in [2.75, 3.05) is 19.6 Å². The van der Waals surface area contributed by atoms with E-state index in [2.05, 4.69) is 33.4 Å². The highest BCUT2D eigenvalue weighted by Crippen LogP contribution is 2.50. The molecular weight excluding hydrogens is 446 g/mol. The van der Waals surface area contributed by atoms with Gasteiger partial charge in [-0.2, -0.15) is 0 Å². The second kappa shape index (κ2) is 8.04. The van der Waals surface area contributed by atoms with Gasteiger partial charge in [0.1, 0.15) is 0 Å². The van der Waals surface area contributed by atoms with Crippen molar-refractivity contribution in [3.8, 4) is 0 Å². The van der Waals surface area contributed by atoms with Crippen LogP contribution in [0, 0.1) is 12.3 Å². The molecule has 2 fully saturated rings. The molecule has 2 aliphatic heterocycles. The van der Waals surface area contributed by atoms with Gasteiger partial charge in [-0.25, -0.2) is 9.97 Å². The molecule has 3 aromatic rings. The van der Waals surface area contributed by atoms with Gasteiger partial charge in [-0.1, -0.05) is 4.49 Å². The number of nitrogens with zero attached hydrogens (tertiary/aromatic N) is 7.